The van der Waals surface area contributed by atoms with Crippen LogP contribution in [0, 0.1) is 26.6 Å². The van der Waals surface area contributed by atoms with Gasteiger partial charge in [0.15, 0.2) is 6.10 Å². The number of carbonyl (C=O) groups excluding carboxylic acids is 2. The second kappa shape index (κ2) is 10.6. The average molecular weight is 500 g/mol. The topological polar surface area (TPSA) is 114 Å². The largest absolute Gasteiger partial charge is 0.481 e. The van der Waals surface area contributed by atoms with E-state index in [0.29, 0.717) is 11.3 Å². The Kier molecular flexibility index (Phi) is 7.75. The van der Waals surface area contributed by atoms with Crippen molar-refractivity contribution in [3.8, 4) is 5.75 Å². The van der Waals surface area contributed by atoms with Gasteiger partial charge in [-0.25, -0.2) is 12.8 Å². The molecule has 0 aliphatic heterocycles. The Hall–Kier alpha value is -3.92. The summed E-state index contributed by atoms with van der Waals surface area (Å²) in [5, 5.41) is 0. The normalized spacial score (nSPS) is 11.9. The molecule has 1 atom stereocenters. The van der Waals surface area contributed by atoms with Crippen molar-refractivity contribution < 1.29 is 27.1 Å². The molecule has 3 N–H and O–H groups in total. The zero-order valence-corrected chi connectivity index (χ0v) is 20.5. The molecule has 0 aliphatic rings. The summed E-state index contributed by atoms with van der Waals surface area (Å²) in [7, 11) is -4.05. The molecule has 35 heavy (non-hydrogen) atoms. The van der Waals surface area contributed by atoms with E-state index in [-0.39, 0.29) is 16.1 Å². The fourth-order valence-electron chi connectivity index (χ4n) is 3.13. The second-order valence-corrected chi connectivity index (χ2v) is 9.67. The first-order chi connectivity index (χ1) is 16.5. The van der Waals surface area contributed by atoms with Gasteiger partial charge in [-0.15, -0.1) is 0 Å². The minimum Gasteiger partial charge on any atom is -0.481 e. The number of rotatable bonds is 7. The number of anilines is 1. The quantitative estimate of drug-likeness (QED) is 0.428. The molecule has 0 fully saturated rings. The minimum absolute atomic E-state index is 0.0513. The molecule has 0 aliphatic carbocycles. The van der Waals surface area contributed by atoms with Crippen LogP contribution in [0.1, 0.15) is 34.0 Å². The summed E-state index contributed by atoms with van der Waals surface area (Å²) in [6.45, 7) is 6.99. The maximum atomic E-state index is 13.1. The summed E-state index contributed by atoms with van der Waals surface area (Å²) in [6.07, 6.45) is -0.900. The van der Waals surface area contributed by atoms with E-state index in [0.717, 1.165) is 23.3 Å². The van der Waals surface area contributed by atoms with Crippen molar-refractivity contribution in [2.75, 3.05) is 4.72 Å². The van der Waals surface area contributed by atoms with Crippen LogP contribution in [0.4, 0.5) is 10.1 Å². The van der Waals surface area contributed by atoms with Gasteiger partial charge < -0.3 is 4.74 Å². The number of aryl methyl sites for hydroxylation is 2. The second-order valence-electron chi connectivity index (χ2n) is 7.99. The van der Waals surface area contributed by atoms with Crippen molar-refractivity contribution in [3.63, 3.8) is 0 Å². The van der Waals surface area contributed by atoms with Crippen LogP contribution in [-0.4, -0.2) is 26.3 Å². The van der Waals surface area contributed by atoms with Crippen LogP contribution in [0.3, 0.4) is 0 Å². The third-order valence-electron chi connectivity index (χ3n) is 5.39. The van der Waals surface area contributed by atoms with Gasteiger partial charge in [0.25, 0.3) is 21.8 Å². The monoisotopic (exact) mass is 499 g/mol. The molecule has 3 rings (SSSR count). The van der Waals surface area contributed by atoms with Crippen molar-refractivity contribution in [2.24, 2.45) is 0 Å². The first-order valence-electron chi connectivity index (χ1n) is 10.7. The highest BCUT2D eigenvalue weighted by Crippen LogP contribution is 2.22. The molecule has 0 saturated heterocycles. The third kappa shape index (κ3) is 6.36. The Bertz CT molecular complexity index is 1360. The number of ether oxygens (including phenoxy) is 1. The van der Waals surface area contributed by atoms with Crippen LogP contribution in [0.15, 0.2) is 65.6 Å². The van der Waals surface area contributed by atoms with Crippen LogP contribution in [0.25, 0.3) is 0 Å². The summed E-state index contributed by atoms with van der Waals surface area (Å²) >= 11 is 0. The van der Waals surface area contributed by atoms with E-state index < -0.39 is 33.8 Å². The van der Waals surface area contributed by atoms with Gasteiger partial charge in [-0.3, -0.25) is 25.2 Å². The van der Waals surface area contributed by atoms with E-state index in [9.17, 15) is 22.4 Å². The molecule has 3 aromatic carbocycles. The molecule has 2 amide bonds. The number of hydrogen-bond acceptors (Lipinski definition) is 5. The molecule has 10 heteroatoms. The molecule has 0 heterocycles. The molecule has 1 unspecified atom stereocenters. The molecule has 0 aromatic heterocycles. The highest BCUT2D eigenvalue weighted by Gasteiger charge is 2.20. The highest BCUT2D eigenvalue weighted by molar-refractivity contribution is 7.92. The van der Waals surface area contributed by atoms with Gasteiger partial charge in [0.1, 0.15) is 11.6 Å². The van der Waals surface area contributed by atoms with Crippen LogP contribution in [0.5, 0.6) is 5.75 Å². The third-order valence-corrected chi connectivity index (χ3v) is 6.77. The van der Waals surface area contributed by atoms with Crippen LogP contribution in [-0.2, 0) is 14.8 Å². The zero-order valence-electron chi connectivity index (χ0n) is 19.7. The maximum absolute atomic E-state index is 13.1. The summed E-state index contributed by atoms with van der Waals surface area (Å²) in [6, 6.07) is 14.3. The fourth-order valence-corrected chi connectivity index (χ4v) is 4.21. The van der Waals surface area contributed by atoms with Gasteiger partial charge in [-0.1, -0.05) is 18.2 Å². The van der Waals surface area contributed by atoms with E-state index in [4.69, 9.17) is 4.74 Å². The Labute approximate surface area is 203 Å². The van der Waals surface area contributed by atoms with Crippen molar-refractivity contribution >= 4 is 27.5 Å². The molecule has 8 nitrogen and oxygen atoms in total. The summed E-state index contributed by atoms with van der Waals surface area (Å²) in [5.74, 6) is -1.23. The lowest BCUT2D eigenvalue weighted by molar-refractivity contribution is -0.128. The van der Waals surface area contributed by atoms with Gasteiger partial charge in [0.2, 0.25) is 0 Å². The fraction of sp³-hybridized carbons (Fsp3) is 0.200. The molecule has 0 bridgehead atoms. The first kappa shape index (κ1) is 25.7. The van der Waals surface area contributed by atoms with Crippen molar-refractivity contribution in [1.29, 1.82) is 0 Å². The van der Waals surface area contributed by atoms with E-state index in [1.165, 1.54) is 30.3 Å². The predicted molar refractivity (Wildman–Crippen MR) is 130 cm³/mol. The van der Waals surface area contributed by atoms with Crippen molar-refractivity contribution in [3.05, 3.63) is 88.7 Å². The number of hydrazine groups is 1. The lowest BCUT2D eigenvalue weighted by Crippen LogP contribution is -2.47. The Morgan fingerprint density at radius 1 is 0.914 bits per heavy atom. The molecule has 184 valence electrons. The van der Waals surface area contributed by atoms with Crippen molar-refractivity contribution in [2.45, 2.75) is 38.7 Å². The SMILES string of the molecule is Cc1ccc(S(=O)(=O)Nc2ccc(F)cc2)cc1C(=O)NNC(=O)C(C)Oc1cccc(C)c1C. The van der Waals surface area contributed by atoms with E-state index in [1.807, 2.05) is 26.0 Å². The van der Waals surface area contributed by atoms with Gasteiger partial charge in [-0.2, -0.15) is 0 Å². The predicted octanol–water partition coefficient (Wildman–Crippen LogP) is 3.78. The van der Waals surface area contributed by atoms with E-state index in [1.54, 1.807) is 19.9 Å². The highest BCUT2D eigenvalue weighted by atomic mass is 32.2. The van der Waals surface area contributed by atoms with Crippen LogP contribution in [0.2, 0.25) is 0 Å². The van der Waals surface area contributed by atoms with Gasteiger partial charge in [0, 0.05) is 11.3 Å². The number of benzene rings is 3. The Balaban J connectivity index is 1.68. The smallest absolute Gasteiger partial charge is 0.279 e. The number of nitrogens with one attached hydrogen (secondary N) is 3. The Morgan fingerprint density at radius 2 is 1.60 bits per heavy atom. The van der Waals surface area contributed by atoms with E-state index in [2.05, 4.69) is 15.6 Å². The lowest BCUT2D eigenvalue weighted by atomic mass is 10.1. The Morgan fingerprint density at radius 3 is 2.29 bits per heavy atom. The van der Waals surface area contributed by atoms with E-state index >= 15 is 0 Å². The molecular weight excluding hydrogens is 473 g/mol. The summed E-state index contributed by atoms with van der Waals surface area (Å²) in [5.41, 5.74) is 7.23. The van der Waals surface area contributed by atoms with Gasteiger partial charge in [0.05, 0.1) is 4.90 Å². The van der Waals surface area contributed by atoms with Gasteiger partial charge >= 0.3 is 0 Å². The molecule has 0 radical (unpaired) electrons. The summed E-state index contributed by atoms with van der Waals surface area (Å²) in [4.78, 5) is 25.0. The number of hydrogen-bond donors (Lipinski definition) is 3. The number of carbonyl (C=O) groups is 2. The maximum Gasteiger partial charge on any atom is 0.279 e. The summed E-state index contributed by atoms with van der Waals surface area (Å²) < 4.78 is 46.6. The number of halogens is 1. The molecule has 0 saturated carbocycles. The average Bonchev–Trinajstić information content (AvgIpc) is 2.81. The molecule has 0 spiro atoms. The van der Waals surface area contributed by atoms with Crippen LogP contribution >= 0.6 is 0 Å². The standard InChI is InChI=1S/C25H26FN3O5S/c1-15-6-5-7-23(17(15)3)34-18(4)24(30)27-28-25(31)22-14-21(13-8-16(22)2)35(32,33)29-20-11-9-19(26)10-12-20/h5-14,18,29H,1-4H3,(H,27,30)(H,28,31). The first-order valence-corrected chi connectivity index (χ1v) is 12.2. The van der Waals surface area contributed by atoms with Gasteiger partial charge in [-0.05, 0) is 86.8 Å². The number of sulfonamides is 1. The zero-order chi connectivity index (χ0) is 25.8. The van der Waals surface area contributed by atoms with Crippen molar-refractivity contribution in [1.82, 2.24) is 10.9 Å². The van der Waals surface area contributed by atoms with Crippen LogP contribution < -0.4 is 20.3 Å². The number of amides is 2. The molecular formula is C25H26FN3O5S. The molecule has 3 aromatic rings. The lowest BCUT2D eigenvalue weighted by Gasteiger charge is -2.17. The minimum atomic E-state index is -4.05.